The number of nitrogens with one attached hydrogen (secondary N) is 1. The fraction of sp³-hybridized carbons (Fsp3) is 0.577. The lowest BCUT2D eigenvalue weighted by Gasteiger charge is -2.33. The molecule has 6 heteroatoms. The predicted molar refractivity (Wildman–Crippen MR) is 124 cm³/mol. The zero-order valence-corrected chi connectivity index (χ0v) is 18.9. The summed E-state index contributed by atoms with van der Waals surface area (Å²) in [6.07, 6.45) is 9.74. The second-order valence-electron chi connectivity index (χ2n) is 9.77. The van der Waals surface area contributed by atoms with Crippen LogP contribution in [0.15, 0.2) is 35.1 Å². The van der Waals surface area contributed by atoms with Gasteiger partial charge >= 0.3 is 0 Å². The Morgan fingerprint density at radius 1 is 1.03 bits per heavy atom. The van der Waals surface area contributed by atoms with Gasteiger partial charge in [-0.25, -0.2) is 4.98 Å². The molecule has 3 aliphatic rings. The molecule has 1 N–H and O–H groups in total. The van der Waals surface area contributed by atoms with E-state index < -0.39 is 0 Å². The highest BCUT2D eigenvalue weighted by molar-refractivity contribution is 5.79. The van der Waals surface area contributed by atoms with Crippen LogP contribution in [0.4, 0.5) is 0 Å². The van der Waals surface area contributed by atoms with E-state index in [-0.39, 0.29) is 17.5 Å². The Kier molecular flexibility index (Phi) is 6.39. The number of carbonyl (C=O) groups is 1. The third-order valence-corrected chi connectivity index (χ3v) is 7.49. The summed E-state index contributed by atoms with van der Waals surface area (Å²) in [5.41, 5.74) is 2.77. The van der Waals surface area contributed by atoms with Gasteiger partial charge in [-0.05, 0) is 37.2 Å². The molecule has 3 heterocycles. The maximum Gasteiger partial charge on any atom is 0.255 e. The van der Waals surface area contributed by atoms with E-state index in [1.165, 1.54) is 32.1 Å². The number of nitrogens with zero attached hydrogens (tertiary/aromatic N) is 3. The number of carbonyl (C=O) groups excluding carboxylic acids is 1. The van der Waals surface area contributed by atoms with Crippen LogP contribution in [-0.4, -0.2) is 45.3 Å². The predicted octanol–water partition coefficient (Wildman–Crippen LogP) is 3.61. The van der Waals surface area contributed by atoms with E-state index in [1.54, 1.807) is 0 Å². The van der Waals surface area contributed by atoms with Gasteiger partial charge in [0.2, 0.25) is 5.91 Å². The molecule has 0 radical (unpaired) electrons. The summed E-state index contributed by atoms with van der Waals surface area (Å²) in [6.45, 7) is 3.51. The molecule has 5 rings (SSSR count). The maximum absolute atomic E-state index is 13.0. The number of aromatic amines is 1. The van der Waals surface area contributed by atoms with E-state index in [4.69, 9.17) is 4.98 Å². The second-order valence-corrected chi connectivity index (χ2v) is 9.77. The van der Waals surface area contributed by atoms with Crippen LogP contribution in [0.2, 0.25) is 0 Å². The van der Waals surface area contributed by atoms with Gasteiger partial charge in [0.1, 0.15) is 5.82 Å². The Morgan fingerprint density at radius 2 is 1.84 bits per heavy atom. The summed E-state index contributed by atoms with van der Waals surface area (Å²) in [7, 11) is 0. The number of fused-ring (bicyclic) bond motifs is 1. The van der Waals surface area contributed by atoms with Crippen molar-refractivity contribution in [1.29, 1.82) is 0 Å². The van der Waals surface area contributed by atoms with Crippen molar-refractivity contribution in [2.75, 3.05) is 19.6 Å². The van der Waals surface area contributed by atoms with E-state index >= 15 is 0 Å². The third-order valence-electron chi connectivity index (χ3n) is 7.49. The highest BCUT2D eigenvalue weighted by atomic mass is 16.2. The lowest BCUT2D eigenvalue weighted by atomic mass is 9.88. The first-order valence-corrected chi connectivity index (χ1v) is 12.3. The quantitative estimate of drug-likeness (QED) is 0.781. The van der Waals surface area contributed by atoms with E-state index in [1.807, 2.05) is 35.2 Å². The van der Waals surface area contributed by atoms with Crippen LogP contribution >= 0.6 is 0 Å². The molecule has 6 nitrogen and oxygen atoms in total. The number of rotatable bonds is 5. The molecule has 170 valence electrons. The van der Waals surface area contributed by atoms with E-state index in [0.29, 0.717) is 18.8 Å². The van der Waals surface area contributed by atoms with Crippen molar-refractivity contribution in [1.82, 2.24) is 19.8 Å². The van der Waals surface area contributed by atoms with Crippen molar-refractivity contribution >= 4 is 5.91 Å². The molecule has 1 saturated heterocycles. The molecule has 1 aliphatic carbocycles. The zero-order valence-electron chi connectivity index (χ0n) is 18.9. The molecular formula is C26H34N4O2. The average molecular weight is 435 g/mol. The van der Waals surface area contributed by atoms with Gasteiger partial charge in [0, 0.05) is 32.6 Å². The van der Waals surface area contributed by atoms with Gasteiger partial charge < -0.3 is 9.88 Å². The average Bonchev–Trinajstić information content (AvgIpc) is 3.31. The summed E-state index contributed by atoms with van der Waals surface area (Å²) in [5.74, 6) is 1.56. The van der Waals surface area contributed by atoms with Crippen LogP contribution in [0.5, 0.6) is 0 Å². The Labute approximate surface area is 190 Å². The fourth-order valence-corrected chi connectivity index (χ4v) is 5.77. The van der Waals surface area contributed by atoms with Crippen molar-refractivity contribution in [2.24, 2.45) is 5.92 Å². The van der Waals surface area contributed by atoms with Crippen LogP contribution in [0.1, 0.15) is 73.6 Å². The molecule has 2 aromatic rings. The van der Waals surface area contributed by atoms with Gasteiger partial charge in [0.15, 0.2) is 0 Å². The lowest BCUT2D eigenvalue weighted by Crippen LogP contribution is -2.40. The van der Waals surface area contributed by atoms with Gasteiger partial charge in [-0.15, -0.1) is 0 Å². The third kappa shape index (κ3) is 4.65. The molecule has 1 saturated carbocycles. The second kappa shape index (κ2) is 9.57. The SMILES string of the molecule is O=C(Cc1ccccc1)N1CCCC1c1nc2c(c(=O)[nH]1)CN(CC1CCCCC1)CC2. The van der Waals surface area contributed by atoms with Crippen LogP contribution in [0.3, 0.4) is 0 Å². The first kappa shape index (κ1) is 21.4. The highest BCUT2D eigenvalue weighted by Gasteiger charge is 2.33. The molecule has 2 aliphatic heterocycles. The van der Waals surface area contributed by atoms with Crippen molar-refractivity contribution in [3.63, 3.8) is 0 Å². The fourth-order valence-electron chi connectivity index (χ4n) is 5.77. The molecule has 2 fully saturated rings. The molecular weight excluding hydrogens is 400 g/mol. The largest absolute Gasteiger partial charge is 0.332 e. The normalized spacial score (nSPS) is 22.1. The molecule has 1 atom stereocenters. The molecule has 0 bridgehead atoms. The van der Waals surface area contributed by atoms with Gasteiger partial charge in [0.25, 0.3) is 5.56 Å². The number of H-pyrrole nitrogens is 1. The minimum absolute atomic E-state index is 0.0132. The summed E-state index contributed by atoms with van der Waals surface area (Å²) >= 11 is 0. The van der Waals surface area contributed by atoms with Crippen molar-refractivity contribution in [3.8, 4) is 0 Å². The summed E-state index contributed by atoms with van der Waals surface area (Å²) in [6, 6.07) is 9.74. The summed E-state index contributed by atoms with van der Waals surface area (Å²) in [4.78, 5) is 38.3. The molecule has 1 aromatic carbocycles. The number of benzene rings is 1. The van der Waals surface area contributed by atoms with Gasteiger partial charge in [-0.1, -0.05) is 49.6 Å². The van der Waals surface area contributed by atoms with Crippen molar-refractivity contribution in [3.05, 3.63) is 63.3 Å². The first-order chi connectivity index (χ1) is 15.7. The van der Waals surface area contributed by atoms with Crippen LogP contribution in [-0.2, 0) is 24.2 Å². The minimum atomic E-state index is -0.121. The smallest absolute Gasteiger partial charge is 0.255 e. The molecule has 1 unspecified atom stereocenters. The van der Waals surface area contributed by atoms with Crippen LogP contribution in [0.25, 0.3) is 0 Å². The van der Waals surface area contributed by atoms with Gasteiger partial charge in [0.05, 0.1) is 23.7 Å². The van der Waals surface area contributed by atoms with Gasteiger partial charge in [-0.3, -0.25) is 14.5 Å². The van der Waals surface area contributed by atoms with Crippen LogP contribution < -0.4 is 5.56 Å². The zero-order chi connectivity index (χ0) is 21.9. The molecule has 0 spiro atoms. The van der Waals surface area contributed by atoms with E-state index in [2.05, 4.69) is 9.88 Å². The van der Waals surface area contributed by atoms with E-state index in [9.17, 15) is 9.59 Å². The van der Waals surface area contributed by atoms with Crippen molar-refractivity contribution < 1.29 is 4.79 Å². The standard InChI is InChI=1S/C26H34N4O2/c31-24(16-19-8-3-1-4-9-19)30-14-7-12-23(30)25-27-22-13-15-29(18-21(22)26(32)28-25)17-20-10-5-2-6-11-20/h1,3-4,8-9,20,23H,2,5-7,10-18H2,(H,27,28,32). The number of amides is 1. The Bertz CT molecular complexity index is 997. The molecule has 1 amide bonds. The van der Waals surface area contributed by atoms with Gasteiger partial charge in [-0.2, -0.15) is 0 Å². The maximum atomic E-state index is 13.0. The Morgan fingerprint density at radius 3 is 2.66 bits per heavy atom. The first-order valence-electron chi connectivity index (χ1n) is 12.3. The topological polar surface area (TPSA) is 69.3 Å². The molecule has 32 heavy (non-hydrogen) atoms. The Hall–Kier alpha value is -2.47. The number of hydrogen-bond donors (Lipinski definition) is 1. The number of hydrogen-bond acceptors (Lipinski definition) is 4. The minimum Gasteiger partial charge on any atom is -0.332 e. The number of likely N-dealkylation sites (tertiary alicyclic amines) is 1. The summed E-state index contributed by atoms with van der Waals surface area (Å²) in [5, 5.41) is 0. The number of aromatic nitrogens is 2. The highest BCUT2D eigenvalue weighted by Crippen LogP contribution is 2.31. The molecule has 1 aromatic heterocycles. The van der Waals surface area contributed by atoms with Crippen molar-refractivity contribution in [2.45, 2.75) is 70.4 Å². The monoisotopic (exact) mass is 434 g/mol. The summed E-state index contributed by atoms with van der Waals surface area (Å²) < 4.78 is 0. The lowest BCUT2D eigenvalue weighted by molar-refractivity contribution is -0.131. The Balaban J connectivity index is 1.29. The van der Waals surface area contributed by atoms with Crippen LogP contribution in [0, 0.1) is 5.92 Å². The van der Waals surface area contributed by atoms with E-state index in [0.717, 1.165) is 61.6 Å².